The van der Waals surface area contributed by atoms with Crippen LogP contribution in [-0.2, 0) is 11.2 Å². The highest BCUT2D eigenvalue weighted by Gasteiger charge is 2.37. The molecule has 0 heterocycles. The van der Waals surface area contributed by atoms with E-state index in [0.29, 0.717) is 24.4 Å². The number of hydrogen-bond donors (Lipinski definition) is 2. The van der Waals surface area contributed by atoms with Gasteiger partial charge in [0.15, 0.2) is 0 Å². The van der Waals surface area contributed by atoms with Gasteiger partial charge >= 0.3 is 5.97 Å². The van der Waals surface area contributed by atoms with E-state index in [-0.39, 0.29) is 18.4 Å². The van der Waals surface area contributed by atoms with Gasteiger partial charge in [-0.05, 0) is 56.6 Å². The van der Waals surface area contributed by atoms with Crippen LogP contribution in [0.5, 0.6) is 0 Å². The maximum atomic E-state index is 13.7. The van der Waals surface area contributed by atoms with Crippen molar-refractivity contribution in [3.05, 3.63) is 35.6 Å². The number of carbonyl (C=O) groups is 1. The van der Waals surface area contributed by atoms with Crippen molar-refractivity contribution >= 4 is 5.97 Å². The number of carboxylic acid groups (broad SMARTS) is 1. The Balaban J connectivity index is 1.43. The zero-order valence-electron chi connectivity index (χ0n) is 14.2. The molecule has 4 nitrogen and oxygen atoms in total. The van der Waals surface area contributed by atoms with Crippen LogP contribution < -0.4 is 5.32 Å². The first-order valence-corrected chi connectivity index (χ1v) is 8.96. The smallest absolute Gasteiger partial charge is 0.317 e. The molecule has 1 aromatic carbocycles. The third-order valence-corrected chi connectivity index (χ3v) is 5.16. The summed E-state index contributed by atoms with van der Waals surface area (Å²) in [4.78, 5) is 13.2. The van der Waals surface area contributed by atoms with Crippen LogP contribution in [0, 0.1) is 11.7 Å². The van der Waals surface area contributed by atoms with Crippen LogP contribution in [0.25, 0.3) is 0 Å². The number of aliphatic carboxylic acids is 1. The predicted octanol–water partition coefficient (Wildman–Crippen LogP) is 2.67. The second-order valence-corrected chi connectivity index (χ2v) is 7.45. The fourth-order valence-corrected chi connectivity index (χ4v) is 3.63. The van der Waals surface area contributed by atoms with Gasteiger partial charge in [-0.1, -0.05) is 18.2 Å². The summed E-state index contributed by atoms with van der Waals surface area (Å²) in [6, 6.07) is 7.91. The van der Waals surface area contributed by atoms with Gasteiger partial charge in [-0.2, -0.15) is 0 Å². The van der Waals surface area contributed by atoms with E-state index in [2.05, 4.69) is 17.1 Å². The summed E-state index contributed by atoms with van der Waals surface area (Å²) >= 11 is 0. The first kappa shape index (κ1) is 17.4. The van der Waals surface area contributed by atoms with Gasteiger partial charge in [-0.25, -0.2) is 4.39 Å². The number of carboxylic acids is 1. The van der Waals surface area contributed by atoms with E-state index in [0.717, 1.165) is 24.9 Å². The first-order chi connectivity index (χ1) is 11.5. The predicted molar refractivity (Wildman–Crippen MR) is 91.4 cm³/mol. The summed E-state index contributed by atoms with van der Waals surface area (Å²) in [6.07, 6.45) is 5.13. The number of hydrogen-bond acceptors (Lipinski definition) is 3. The Kier molecular flexibility index (Phi) is 5.51. The van der Waals surface area contributed by atoms with Crippen molar-refractivity contribution in [3.8, 4) is 0 Å². The number of nitrogens with zero attached hydrogens (tertiary/aromatic N) is 1. The molecule has 2 fully saturated rings. The minimum absolute atomic E-state index is 0.144. The molecule has 0 aliphatic heterocycles. The highest BCUT2D eigenvalue weighted by molar-refractivity contribution is 5.69. The number of halogens is 1. The molecule has 0 amide bonds. The van der Waals surface area contributed by atoms with E-state index in [1.54, 1.807) is 6.07 Å². The van der Waals surface area contributed by atoms with Crippen molar-refractivity contribution in [2.45, 2.75) is 57.2 Å². The molecule has 0 saturated heterocycles. The first-order valence-electron chi connectivity index (χ1n) is 8.96. The molecule has 2 aliphatic carbocycles. The quantitative estimate of drug-likeness (QED) is 0.729. The van der Waals surface area contributed by atoms with Crippen LogP contribution in [0.3, 0.4) is 0 Å². The fraction of sp³-hybridized carbons (Fsp3) is 0.632. The summed E-state index contributed by atoms with van der Waals surface area (Å²) in [5, 5.41) is 12.7. The second-order valence-electron chi connectivity index (χ2n) is 7.45. The van der Waals surface area contributed by atoms with Gasteiger partial charge in [-0.15, -0.1) is 0 Å². The van der Waals surface area contributed by atoms with Crippen molar-refractivity contribution < 1.29 is 14.3 Å². The second kappa shape index (κ2) is 7.62. The van der Waals surface area contributed by atoms with E-state index in [4.69, 9.17) is 5.11 Å². The molecule has 2 saturated carbocycles. The topological polar surface area (TPSA) is 52.6 Å². The lowest BCUT2D eigenvalue weighted by Crippen LogP contribution is -2.56. The zero-order valence-corrected chi connectivity index (χ0v) is 14.2. The molecule has 1 aromatic rings. The summed E-state index contributed by atoms with van der Waals surface area (Å²) in [6.45, 7) is 3.16. The van der Waals surface area contributed by atoms with Crippen molar-refractivity contribution in [2.75, 3.05) is 13.1 Å². The van der Waals surface area contributed by atoms with E-state index in [1.165, 1.54) is 18.9 Å². The maximum absolute atomic E-state index is 13.7. The van der Waals surface area contributed by atoms with Crippen LogP contribution in [0.1, 0.15) is 38.2 Å². The molecule has 0 bridgehead atoms. The monoisotopic (exact) mass is 334 g/mol. The normalized spacial score (nSPS) is 24.6. The number of nitrogens with one attached hydrogen (secondary N) is 1. The minimum atomic E-state index is -0.736. The van der Waals surface area contributed by atoms with Crippen molar-refractivity contribution in [1.29, 1.82) is 0 Å². The van der Waals surface area contributed by atoms with Gasteiger partial charge in [0, 0.05) is 24.7 Å². The number of benzene rings is 1. The molecule has 0 spiro atoms. The lowest BCUT2D eigenvalue weighted by Gasteiger charge is -2.44. The van der Waals surface area contributed by atoms with Crippen LogP contribution >= 0.6 is 0 Å². The summed E-state index contributed by atoms with van der Waals surface area (Å²) in [5.74, 6) is -0.175. The molecule has 5 heteroatoms. The van der Waals surface area contributed by atoms with E-state index >= 15 is 0 Å². The van der Waals surface area contributed by atoms with Gasteiger partial charge in [0.1, 0.15) is 5.82 Å². The number of rotatable bonds is 9. The van der Waals surface area contributed by atoms with Gasteiger partial charge in [0.05, 0.1) is 6.54 Å². The summed E-state index contributed by atoms with van der Waals surface area (Å²) in [5.41, 5.74) is 0.745. The Morgan fingerprint density at radius 3 is 2.71 bits per heavy atom. The molecular weight excluding hydrogens is 307 g/mol. The van der Waals surface area contributed by atoms with E-state index in [1.807, 2.05) is 12.1 Å². The third kappa shape index (κ3) is 4.77. The Morgan fingerprint density at radius 1 is 1.38 bits per heavy atom. The van der Waals surface area contributed by atoms with Crippen molar-refractivity contribution in [1.82, 2.24) is 10.2 Å². The Labute approximate surface area is 143 Å². The molecule has 1 atom stereocenters. The van der Waals surface area contributed by atoms with Gasteiger partial charge in [0.2, 0.25) is 0 Å². The summed E-state index contributed by atoms with van der Waals surface area (Å²) < 4.78 is 13.7. The molecule has 2 N–H and O–H groups in total. The molecule has 0 aromatic heterocycles. The average molecular weight is 334 g/mol. The van der Waals surface area contributed by atoms with Crippen molar-refractivity contribution in [2.24, 2.45) is 5.92 Å². The largest absolute Gasteiger partial charge is 0.480 e. The van der Waals surface area contributed by atoms with Crippen LogP contribution in [0.4, 0.5) is 4.39 Å². The molecule has 132 valence electrons. The van der Waals surface area contributed by atoms with Gasteiger partial charge in [0.25, 0.3) is 0 Å². The Morgan fingerprint density at radius 2 is 2.08 bits per heavy atom. The van der Waals surface area contributed by atoms with E-state index in [9.17, 15) is 9.18 Å². The Bertz CT molecular complexity index is 570. The van der Waals surface area contributed by atoms with Gasteiger partial charge < -0.3 is 10.4 Å². The standard InChI is InChI=1S/C19H27FN2O2/c1-13(8-15-4-2-3-5-18(15)20)21-16-9-17(10-16)22(12-19(23)24)11-14-6-7-14/h2-5,13-14,16-17,21H,6-12H2,1H3,(H,23,24). The lowest BCUT2D eigenvalue weighted by molar-refractivity contribution is -0.139. The molecular formula is C19H27FN2O2. The third-order valence-electron chi connectivity index (χ3n) is 5.16. The zero-order chi connectivity index (χ0) is 17.1. The average Bonchev–Trinajstić information content (AvgIpc) is 3.28. The molecule has 2 aliphatic rings. The van der Waals surface area contributed by atoms with Crippen LogP contribution in [0.2, 0.25) is 0 Å². The molecule has 3 rings (SSSR count). The van der Waals surface area contributed by atoms with Crippen LogP contribution in [-0.4, -0.2) is 47.2 Å². The molecule has 0 radical (unpaired) electrons. The SMILES string of the molecule is CC(Cc1ccccc1F)NC1CC(N(CC(=O)O)CC2CC2)C1. The molecule has 1 unspecified atom stereocenters. The van der Waals surface area contributed by atoms with Gasteiger partial charge in [-0.3, -0.25) is 9.69 Å². The molecule has 24 heavy (non-hydrogen) atoms. The summed E-state index contributed by atoms with van der Waals surface area (Å²) in [7, 11) is 0. The van der Waals surface area contributed by atoms with E-state index < -0.39 is 5.97 Å². The highest BCUT2D eigenvalue weighted by atomic mass is 19.1. The fourth-order valence-electron chi connectivity index (χ4n) is 3.63. The lowest BCUT2D eigenvalue weighted by atomic mass is 9.84. The maximum Gasteiger partial charge on any atom is 0.317 e. The van der Waals surface area contributed by atoms with Crippen molar-refractivity contribution in [3.63, 3.8) is 0 Å². The Hall–Kier alpha value is -1.46. The highest BCUT2D eigenvalue weighted by Crippen LogP contribution is 2.33. The minimum Gasteiger partial charge on any atom is -0.480 e. The van der Waals surface area contributed by atoms with Crippen LogP contribution in [0.15, 0.2) is 24.3 Å².